The molecule has 0 unspecified atom stereocenters. The molecule has 3 aromatic rings. The summed E-state index contributed by atoms with van der Waals surface area (Å²) in [6, 6.07) is 18.0. The SMILES string of the molecule is COC(=O)c1ccc(-c2ccc(/C=C3\SC(=O)N(Cc4ccc(I)cc4)C3=O)o2)cc1. The van der Waals surface area contributed by atoms with Gasteiger partial charge in [0.05, 0.1) is 24.1 Å². The third-order valence-corrected chi connectivity index (χ3v) is 6.24. The van der Waals surface area contributed by atoms with Crippen molar-refractivity contribution in [3.8, 4) is 11.3 Å². The number of furan rings is 1. The van der Waals surface area contributed by atoms with E-state index in [4.69, 9.17) is 9.15 Å². The monoisotopic (exact) mass is 545 g/mol. The molecule has 4 rings (SSSR count). The van der Waals surface area contributed by atoms with Crippen LogP contribution in [0.25, 0.3) is 17.4 Å². The molecule has 156 valence electrons. The standard InChI is InChI=1S/C23H16INO5S/c1-29-22(27)16-6-4-15(5-7-16)19-11-10-18(30-19)12-20-21(26)25(23(28)31-20)13-14-2-8-17(24)9-3-14/h2-12H,13H2,1H3/b20-12-. The summed E-state index contributed by atoms with van der Waals surface area (Å²) in [7, 11) is 1.33. The van der Waals surface area contributed by atoms with E-state index in [2.05, 4.69) is 22.6 Å². The second kappa shape index (κ2) is 9.11. The molecule has 0 radical (unpaired) electrons. The fraction of sp³-hybridized carbons (Fsp3) is 0.0870. The summed E-state index contributed by atoms with van der Waals surface area (Å²) < 4.78 is 11.6. The molecule has 0 saturated carbocycles. The van der Waals surface area contributed by atoms with E-state index in [1.165, 1.54) is 12.0 Å². The Morgan fingerprint density at radius 2 is 1.77 bits per heavy atom. The van der Waals surface area contributed by atoms with Crippen LogP contribution < -0.4 is 0 Å². The van der Waals surface area contributed by atoms with Crippen LogP contribution in [0.5, 0.6) is 0 Å². The summed E-state index contributed by atoms with van der Waals surface area (Å²) in [5, 5.41) is -0.306. The maximum atomic E-state index is 12.7. The molecular weight excluding hydrogens is 529 g/mol. The predicted octanol–water partition coefficient (Wildman–Crippen LogP) is 5.57. The number of ether oxygens (including phenoxy) is 1. The van der Waals surface area contributed by atoms with E-state index < -0.39 is 5.97 Å². The molecular formula is C23H16INO5S. The fourth-order valence-electron chi connectivity index (χ4n) is 3.01. The van der Waals surface area contributed by atoms with E-state index in [0.717, 1.165) is 26.5 Å². The van der Waals surface area contributed by atoms with Gasteiger partial charge in [-0.1, -0.05) is 24.3 Å². The molecule has 0 aliphatic carbocycles. The van der Waals surface area contributed by atoms with E-state index in [9.17, 15) is 14.4 Å². The van der Waals surface area contributed by atoms with Gasteiger partial charge in [0, 0.05) is 15.2 Å². The lowest BCUT2D eigenvalue weighted by molar-refractivity contribution is -0.123. The number of benzene rings is 2. The Labute approximate surface area is 196 Å². The fourth-order valence-corrected chi connectivity index (χ4v) is 4.19. The molecule has 6 nitrogen and oxygen atoms in total. The Morgan fingerprint density at radius 1 is 1.06 bits per heavy atom. The van der Waals surface area contributed by atoms with E-state index in [1.807, 2.05) is 24.3 Å². The van der Waals surface area contributed by atoms with Gasteiger partial charge in [0.1, 0.15) is 11.5 Å². The Morgan fingerprint density at radius 3 is 2.45 bits per heavy atom. The minimum Gasteiger partial charge on any atom is -0.465 e. The van der Waals surface area contributed by atoms with Gasteiger partial charge in [-0.25, -0.2) is 4.79 Å². The average molecular weight is 545 g/mol. The normalized spacial score (nSPS) is 15.0. The number of rotatable bonds is 5. The molecule has 0 atom stereocenters. The zero-order valence-electron chi connectivity index (χ0n) is 16.3. The van der Waals surface area contributed by atoms with Gasteiger partial charge < -0.3 is 9.15 Å². The van der Waals surface area contributed by atoms with Crippen molar-refractivity contribution >= 4 is 57.5 Å². The number of imide groups is 1. The average Bonchev–Trinajstić information content (AvgIpc) is 3.35. The highest BCUT2D eigenvalue weighted by molar-refractivity contribution is 14.1. The van der Waals surface area contributed by atoms with Crippen LogP contribution in [0.2, 0.25) is 0 Å². The molecule has 1 saturated heterocycles. The van der Waals surface area contributed by atoms with Gasteiger partial charge in [-0.05, 0) is 76.3 Å². The van der Waals surface area contributed by atoms with Gasteiger partial charge in [0.25, 0.3) is 11.1 Å². The maximum absolute atomic E-state index is 12.7. The quantitative estimate of drug-likeness (QED) is 0.237. The smallest absolute Gasteiger partial charge is 0.337 e. The lowest BCUT2D eigenvalue weighted by Gasteiger charge is -2.12. The summed E-state index contributed by atoms with van der Waals surface area (Å²) in [5.41, 5.74) is 2.11. The van der Waals surface area contributed by atoms with Gasteiger partial charge >= 0.3 is 5.97 Å². The zero-order chi connectivity index (χ0) is 22.0. The van der Waals surface area contributed by atoms with E-state index in [1.54, 1.807) is 42.5 Å². The molecule has 1 aromatic heterocycles. The number of thioether (sulfide) groups is 1. The van der Waals surface area contributed by atoms with E-state index >= 15 is 0 Å². The summed E-state index contributed by atoms with van der Waals surface area (Å²) >= 11 is 3.10. The van der Waals surface area contributed by atoms with Crippen molar-refractivity contribution in [3.05, 3.63) is 86.0 Å². The zero-order valence-corrected chi connectivity index (χ0v) is 19.3. The third-order valence-electron chi connectivity index (χ3n) is 4.62. The topological polar surface area (TPSA) is 76.8 Å². The van der Waals surface area contributed by atoms with Crippen molar-refractivity contribution in [2.24, 2.45) is 0 Å². The number of hydrogen-bond acceptors (Lipinski definition) is 6. The molecule has 0 spiro atoms. The lowest BCUT2D eigenvalue weighted by Crippen LogP contribution is -2.27. The number of esters is 1. The van der Waals surface area contributed by atoms with Crippen molar-refractivity contribution < 1.29 is 23.5 Å². The molecule has 8 heteroatoms. The summed E-state index contributed by atoms with van der Waals surface area (Å²) in [4.78, 5) is 38.2. The molecule has 0 bridgehead atoms. The molecule has 1 fully saturated rings. The molecule has 2 aromatic carbocycles. The van der Waals surface area contributed by atoms with Gasteiger partial charge in [-0.15, -0.1) is 0 Å². The Hall–Kier alpha value is -2.85. The van der Waals surface area contributed by atoms with Crippen molar-refractivity contribution in [3.63, 3.8) is 0 Å². The highest BCUT2D eigenvalue weighted by Crippen LogP contribution is 2.34. The van der Waals surface area contributed by atoms with Crippen LogP contribution in [0.3, 0.4) is 0 Å². The second-order valence-electron chi connectivity index (χ2n) is 6.67. The van der Waals surface area contributed by atoms with Crippen LogP contribution >= 0.6 is 34.4 Å². The first-order valence-electron chi connectivity index (χ1n) is 9.23. The number of hydrogen-bond donors (Lipinski definition) is 0. The molecule has 31 heavy (non-hydrogen) atoms. The van der Waals surface area contributed by atoms with Gasteiger partial charge in [0.15, 0.2) is 0 Å². The van der Waals surface area contributed by atoms with E-state index in [-0.39, 0.29) is 17.7 Å². The Bertz CT molecular complexity index is 1180. The van der Waals surface area contributed by atoms with Gasteiger partial charge in [-0.3, -0.25) is 14.5 Å². The largest absolute Gasteiger partial charge is 0.465 e. The lowest BCUT2D eigenvalue weighted by atomic mass is 10.1. The highest BCUT2D eigenvalue weighted by atomic mass is 127. The summed E-state index contributed by atoms with van der Waals surface area (Å²) in [5.74, 6) is 0.300. The first kappa shape index (κ1) is 21.4. The van der Waals surface area contributed by atoms with E-state index in [0.29, 0.717) is 22.0 Å². The van der Waals surface area contributed by atoms with Crippen LogP contribution in [0.1, 0.15) is 21.7 Å². The van der Waals surface area contributed by atoms with Crippen molar-refractivity contribution in [2.75, 3.05) is 7.11 Å². The Kier molecular flexibility index (Phi) is 6.28. The number of methoxy groups -OCH3 is 1. The first-order chi connectivity index (χ1) is 14.9. The molecule has 2 heterocycles. The minimum atomic E-state index is -0.410. The number of carbonyl (C=O) groups excluding carboxylic acids is 3. The Balaban J connectivity index is 1.50. The van der Waals surface area contributed by atoms with Gasteiger partial charge in [-0.2, -0.15) is 0 Å². The number of halogens is 1. The van der Waals surface area contributed by atoms with Crippen molar-refractivity contribution in [1.29, 1.82) is 0 Å². The number of amides is 2. The van der Waals surface area contributed by atoms with Crippen molar-refractivity contribution in [1.82, 2.24) is 4.90 Å². The highest BCUT2D eigenvalue weighted by Gasteiger charge is 2.35. The summed E-state index contributed by atoms with van der Waals surface area (Å²) in [6.07, 6.45) is 1.57. The van der Waals surface area contributed by atoms with Crippen molar-refractivity contribution in [2.45, 2.75) is 6.54 Å². The van der Waals surface area contributed by atoms with Crippen LogP contribution in [-0.2, 0) is 16.1 Å². The van der Waals surface area contributed by atoms with Crippen LogP contribution in [0.4, 0.5) is 4.79 Å². The molecule has 1 aliphatic heterocycles. The third kappa shape index (κ3) is 4.75. The maximum Gasteiger partial charge on any atom is 0.337 e. The number of carbonyl (C=O) groups is 3. The minimum absolute atomic E-state index is 0.231. The molecule has 0 N–H and O–H groups in total. The molecule has 2 amide bonds. The molecule has 1 aliphatic rings. The first-order valence-corrected chi connectivity index (χ1v) is 11.1. The van der Waals surface area contributed by atoms with Crippen LogP contribution in [0, 0.1) is 3.57 Å². The van der Waals surface area contributed by atoms with Crippen LogP contribution in [0.15, 0.2) is 70.0 Å². The van der Waals surface area contributed by atoms with Crippen LogP contribution in [-0.4, -0.2) is 29.1 Å². The number of nitrogens with zero attached hydrogens (tertiary/aromatic N) is 1. The summed E-state index contributed by atoms with van der Waals surface area (Å²) in [6.45, 7) is 0.231. The predicted molar refractivity (Wildman–Crippen MR) is 126 cm³/mol. The second-order valence-corrected chi connectivity index (χ2v) is 8.90. The van der Waals surface area contributed by atoms with Gasteiger partial charge in [0.2, 0.25) is 0 Å².